The van der Waals surface area contributed by atoms with E-state index in [0.717, 1.165) is 6.42 Å². The second-order valence-electron chi connectivity index (χ2n) is 6.46. The van der Waals surface area contributed by atoms with Gasteiger partial charge in [-0.3, -0.25) is 4.79 Å². The second kappa shape index (κ2) is 8.99. The standard InChI is InChI=1S/C18H25FN4OS/c1-5-13(4)20-16(24)11-25-18-22-21-17(23(18)10-12(2)3)14-8-6-7-9-15(14)19/h6-9,12-13H,5,10-11H2,1-4H3,(H,20,24). The van der Waals surface area contributed by atoms with Crippen molar-refractivity contribution in [2.45, 2.75) is 51.9 Å². The molecule has 0 saturated heterocycles. The SMILES string of the molecule is CCC(C)NC(=O)CSc1nnc(-c2ccccc2F)n1CC(C)C. The molecule has 0 aliphatic heterocycles. The fourth-order valence-electron chi connectivity index (χ4n) is 2.32. The summed E-state index contributed by atoms with van der Waals surface area (Å²) in [5, 5.41) is 11.9. The van der Waals surface area contributed by atoms with E-state index >= 15 is 0 Å². The topological polar surface area (TPSA) is 59.8 Å². The number of hydrogen-bond donors (Lipinski definition) is 1. The van der Waals surface area contributed by atoms with Crippen molar-refractivity contribution < 1.29 is 9.18 Å². The Morgan fingerprint density at radius 3 is 2.64 bits per heavy atom. The minimum atomic E-state index is -0.328. The largest absolute Gasteiger partial charge is 0.353 e. The lowest BCUT2D eigenvalue weighted by Crippen LogP contribution is -2.33. The number of rotatable bonds is 8. The summed E-state index contributed by atoms with van der Waals surface area (Å²) < 4.78 is 16.0. The number of nitrogens with zero attached hydrogens (tertiary/aromatic N) is 3. The molecule has 1 amide bonds. The van der Waals surface area contributed by atoms with E-state index in [2.05, 4.69) is 29.4 Å². The fourth-order valence-corrected chi connectivity index (χ4v) is 3.07. The first-order valence-corrected chi connectivity index (χ1v) is 9.51. The zero-order valence-electron chi connectivity index (χ0n) is 15.1. The van der Waals surface area contributed by atoms with E-state index in [9.17, 15) is 9.18 Å². The Kier molecular flexibility index (Phi) is 6.99. The van der Waals surface area contributed by atoms with E-state index in [4.69, 9.17) is 0 Å². The van der Waals surface area contributed by atoms with Crippen molar-refractivity contribution in [3.05, 3.63) is 30.1 Å². The van der Waals surface area contributed by atoms with E-state index in [1.165, 1.54) is 17.8 Å². The van der Waals surface area contributed by atoms with E-state index in [0.29, 0.717) is 29.0 Å². The van der Waals surface area contributed by atoms with Gasteiger partial charge in [-0.05, 0) is 31.4 Å². The Balaban J connectivity index is 2.21. The Hall–Kier alpha value is -1.89. The predicted octanol–water partition coefficient (Wildman–Crippen LogP) is 3.75. The summed E-state index contributed by atoms with van der Waals surface area (Å²) in [6.07, 6.45) is 0.886. The molecule has 0 bridgehead atoms. The highest BCUT2D eigenvalue weighted by molar-refractivity contribution is 7.99. The molecule has 1 aromatic carbocycles. The summed E-state index contributed by atoms with van der Waals surface area (Å²) in [7, 11) is 0. The van der Waals surface area contributed by atoms with Crippen LogP contribution in [0.25, 0.3) is 11.4 Å². The van der Waals surface area contributed by atoms with Crippen LogP contribution in [0.4, 0.5) is 4.39 Å². The lowest BCUT2D eigenvalue weighted by Gasteiger charge is -2.14. The van der Waals surface area contributed by atoms with Crippen LogP contribution in [0.3, 0.4) is 0 Å². The first-order chi connectivity index (χ1) is 11.9. The molecular weight excluding hydrogens is 339 g/mol. The average Bonchev–Trinajstić information content (AvgIpc) is 2.95. The van der Waals surface area contributed by atoms with E-state index < -0.39 is 0 Å². The first-order valence-electron chi connectivity index (χ1n) is 8.52. The average molecular weight is 364 g/mol. The molecule has 0 radical (unpaired) electrons. The third-order valence-electron chi connectivity index (χ3n) is 3.73. The van der Waals surface area contributed by atoms with Crippen LogP contribution >= 0.6 is 11.8 Å². The van der Waals surface area contributed by atoms with Gasteiger partial charge in [0.1, 0.15) is 5.82 Å². The molecule has 7 heteroatoms. The lowest BCUT2D eigenvalue weighted by atomic mass is 10.2. The molecule has 1 atom stereocenters. The number of carbonyl (C=O) groups excluding carboxylic acids is 1. The van der Waals surface area contributed by atoms with Crippen LogP contribution in [0.15, 0.2) is 29.4 Å². The summed E-state index contributed by atoms with van der Waals surface area (Å²) in [4.78, 5) is 12.0. The maximum Gasteiger partial charge on any atom is 0.230 e. The van der Waals surface area contributed by atoms with Crippen LogP contribution in [0.1, 0.15) is 34.1 Å². The highest BCUT2D eigenvalue weighted by Crippen LogP contribution is 2.26. The molecule has 0 fully saturated rings. The molecule has 2 rings (SSSR count). The fraction of sp³-hybridized carbons (Fsp3) is 0.500. The summed E-state index contributed by atoms with van der Waals surface area (Å²) >= 11 is 1.33. The maximum atomic E-state index is 14.1. The monoisotopic (exact) mass is 364 g/mol. The van der Waals surface area contributed by atoms with Crippen molar-refractivity contribution >= 4 is 17.7 Å². The predicted molar refractivity (Wildman–Crippen MR) is 98.9 cm³/mol. The molecule has 1 heterocycles. The first kappa shape index (κ1) is 19.4. The number of amides is 1. The Bertz CT molecular complexity index is 717. The molecular formula is C18H25FN4OS. The number of carbonyl (C=O) groups is 1. The van der Waals surface area contributed by atoms with Crippen LogP contribution in [-0.2, 0) is 11.3 Å². The molecule has 1 aromatic heterocycles. The highest BCUT2D eigenvalue weighted by Gasteiger charge is 2.19. The Morgan fingerprint density at radius 2 is 2.00 bits per heavy atom. The van der Waals surface area contributed by atoms with Crippen molar-refractivity contribution in [3.8, 4) is 11.4 Å². The van der Waals surface area contributed by atoms with Gasteiger partial charge in [0, 0.05) is 12.6 Å². The number of thioether (sulfide) groups is 1. The van der Waals surface area contributed by atoms with Crippen molar-refractivity contribution in [1.82, 2.24) is 20.1 Å². The summed E-state index contributed by atoms with van der Waals surface area (Å²) in [5.41, 5.74) is 0.423. The normalized spacial score (nSPS) is 12.4. The number of nitrogens with one attached hydrogen (secondary N) is 1. The van der Waals surface area contributed by atoms with E-state index in [1.807, 2.05) is 18.4 Å². The molecule has 0 aliphatic rings. The van der Waals surface area contributed by atoms with Crippen molar-refractivity contribution in [1.29, 1.82) is 0 Å². The Morgan fingerprint density at radius 1 is 1.28 bits per heavy atom. The van der Waals surface area contributed by atoms with Crippen molar-refractivity contribution in [2.75, 3.05) is 5.75 Å². The van der Waals surface area contributed by atoms with Gasteiger partial charge in [-0.25, -0.2) is 4.39 Å². The Labute approximate surface area is 152 Å². The molecule has 1 unspecified atom stereocenters. The smallest absolute Gasteiger partial charge is 0.230 e. The molecule has 0 saturated carbocycles. The van der Waals surface area contributed by atoms with E-state index in [1.54, 1.807) is 18.2 Å². The van der Waals surface area contributed by atoms with Gasteiger partial charge in [0.25, 0.3) is 0 Å². The quantitative estimate of drug-likeness (QED) is 0.725. The zero-order chi connectivity index (χ0) is 18.4. The van der Waals surface area contributed by atoms with Crippen LogP contribution in [-0.4, -0.2) is 32.5 Å². The lowest BCUT2D eigenvalue weighted by molar-refractivity contribution is -0.119. The number of benzene rings is 1. The molecule has 1 N–H and O–H groups in total. The van der Waals surface area contributed by atoms with Gasteiger partial charge in [0.05, 0.1) is 11.3 Å². The number of aromatic nitrogens is 3. The van der Waals surface area contributed by atoms with Gasteiger partial charge in [0.15, 0.2) is 11.0 Å². The van der Waals surface area contributed by atoms with Crippen LogP contribution in [0.2, 0.25) is 0 Å². The van der Waals surface area contributed by atoms with Gasteiger partial charge >= 0.3 is 0 Å². The maximum absolute atomic E-state index is 14.1. The third-order valence-corrected chi connectivity index (χ3v) is 4.70. The van der Waals surface area contributed by atoms with Crippen LogP contribution in [0, 0.1) is 11.7 Å². The summed E-state index contributed by atoms with van der Waals surface area (Å²) in [5.74, 6) is 0.737. The minimum Gasteiger partial charge on any atom is -0.353 e. The third kappa shape index (κ3) is 5.29. The van der Waals surface area contributed by atoms with Gasteiger partial charge in [0.2, 0.25) is 5.91 Å². The van der Waals surface area contributed by atoms with Crippen LogP contribution < -0.4 is 5.32 Å². The molecule has 2 aromatic rings. The van der Waals surface area contributed by atoms with Crippen molar-refractivity contribution in [2.24, 2.45) is 5.92 Å². The van der Waals surface area contributed by atoms with Gasteiger partial charge in [-0.2, -0.15) is 0 Å². The number of halogens is 1. The van der Waals surface area contributed by atoms with Crippen molar-refractivity contribution in [3.63, 3.8) is 0 Å². The van der Waals surface area contributed by atoms with Crippen LogP contribution in [0.5, 0.6) is 0 Å². The minimum absolute atomic E-state index is 0.0362. The molecule has 5 nitrogen and oxygen atoms in total. The molecule has 0 aliphatic carbocycles. The number of hydrogen-bond acceptors (Lipinski definition) is 4. The summed E-state index contributed by atoms with van der Waals surface area (Å²) in [6, 6.07) is 6.68. The summed E-state index contributed by atoms with van der Waals surface area (Å²) in [6.45, 7) is 8.81. The van der Waals surface area contributed by atoms with E-state index in [-0.39, 0.29) is 23.5 Å². The van der Waals surface area contributed by atoms with Gasteiger partial charge in [-0.1, -0.05) is 44.7 Å². The van der Waals surface area contributed by atoms with Gasteiger partial charge < -0.3 is 9.88 Å². The van der Waals surface area contributed by atoms with Gasteiger partial charge in [-0.15, -0.1) is 10.2 Å². The molecule has 136 valence electrons. The molecule has 0 spiro atoms. The zero-order valence-corrected chi connectivity index (χ0v) is 15.9. The highest BCUT2D eigenvalue weighted by atomic mass is 32.2. The second-order valence-corrected chi connectivity index (χ2v) is 7.40. The molecule has 25 heavy (non-hydrogen) atoms.